The molecule has 1 saturated heterocycles. The van der Waals surface area contributed by atoms with Gasteiger partial charge in [0.1, 0.15) is 11.5 Å². The van der Waals surface area contributed by atoms with Crippen LogP contribution in [0.5, 0.6) is 11.5 Å². The molecule has 0 aliphatic carbocycles. The Labute approximate surface area is 168 Å². The first-order valence-corrected chi connectivity index (χ1v) is 9.16. The van der Waals surface area contributed by atoms with Crippen LogP contribution in [-0.4, -0.2) is 60.1 Å². The Bertz CT molecular complexity index is 868. The summed E-state index contributed by atoms with van der Waals surface area (Å²) in [5, 5.41) is 12.4. The number of aliphatic hydroxyl groups is 1. The molecule has 29 heavy (non-hydrogen) atoms. The quantitative estimate of drug-likeness (QED) is 0.712. The van der Waals surface area contributed by atoms with Crippen LogP contribution in [0, 0.1) is 0 Å². The molecule has 2 aromatic carbocycles. The number of amides is 2. The van der Waals surface area contributed by atoms with Crippen molar-refractivity contribution in [1.82, 2.24) is 10.2 Å². The molecule has 2 aromatic rings. The summed E-state index contributed by atoms with van der Waals surface area (Å²) in [6, 6.07) is 14.7. The van der Waals surface area contributed by atoms with Crippen LogP contribution in [0.1, 0.15) is 16.8 Å². The van der Waals surface area contributed by atoms with E-state index in [1.807, 2.05) is 30.3 Å². The second-order valence-corrected chi connectivity index (χ2v) is 6.53. The predicted octanol–water partition coefficient (Wildman–Crippen LogP) is 1.34. The summed E-state index contributed by atoms with van der Waals surface area (Å²) < 4.78 is 10.3. The minimum Gasteiger partial charge on any atom is -0.467 e. The number of nitrogens with one attached hydrogen (secondary N) is 1. The largest absolute Gasteiger partial charge is 0.467 e. The monoisotopic (exact) mass is 398 g/mol. The second-order valence-electron chi connectivity index (χ2n) is 6.53. The molecular formula is C21H22N2O6. The summed E-state index contributed by atoms with van der Waals surface area (Å²) in [6.45, 7) is -0.0670. The predicted molar refractivity (Wildman–Crippen MR) is 103 cm³/mol. The van der Waals surface area contributed by atoms with Gasteiger partial charge in [0.2, 0.25) is 5.91 Å². The molecule has 1 aliphatic rings. The summed E-state index contributed by atoms with van der Waals surface area (Å²) >= 11 is 0. The molecule has 2 N–H and O–H groups in total. The van der Waals surface area contributed by atoms with E-state index in [2.05, 4.69) is 10.1 Å². The molecule has 0 spiro atoms. The number of likely N-dealkylation sites (tertiary alicyclic amines) is 1. The van der Waals surface area contributed by atoms with Crippen molar-refractivity contribution in [1.29, 1.82) is 0 Å². The van der Waals surface area contributed by atoms with Gasteiger partial charge in [-0.2, -0.15) is 0 Å². The van der Waals surface area contributed by atoms with Crippen LogP contribution in [0.3, 0.4) is 0 Å². The molecule has 8 nitrogen and oxygen atoms in total. The zero-order valence-corrected chi connectivity index (χ0v) is 15.9. The number of carbonyl (C=O) groups excluding carboxylic acids is 3. The molecule has 0 saturated carbocycles. The van der Waals surface area contributed by atoms with Gasteiger partial charge < -0.3 is 24.8 Å². The van der Waals surface area contributed by atoms with Crippen molar-refractivity contribution in [2.75, 3.05) is 20.2 Å². The molecule has 2 atom stereocenters. The highest BCUT2D eigenvalue weighted by Gasteiger charge is 2.41. The van der Waals surface area contributed by atoms with Crippen LogP contribution >= 0.6 is 0 Å². The van der Waals surface area contributed by atoms with E-state index in [4.69, 9.17) is 4.74 Å². The van der Waals surface area contributed by atoms with E-state index in [0.29, 0.717) is 17.1 Å². The highest BCUT2D eigenvalue weighted by Crippen LogP contribution is 2.21. The number of carbonyl (C=O) groups is 3. The first-order valence-electron chi connectivity index (χ1n) is 9.16. The number of esters is 1. The first-order chi connectivity index (χ1) is 14.0. The SMILES string of the molecule is COC(=O)[C@@H]1[C@H](O)CCN1C(=O)CNC(=O)c1ccc(Oc2ccccc2)cc1. The smallest absolute Gasteiger partial charge is 0.331 e. The van der Waals surface area contributed by atoms with Crippen molar-refractivity contribution in [2.45, 2.75) is 18.6 Å². The fourth-order valence-electron chi connectivity index (χ4n) is 3.12. The Morgan fingerprint density at radius 2 is 1.72 bits per heavy atom. The van der Waals surface area contributed by atoms with Crippen molar-refractivity contribution in [3.63, 3.8) is 0 Å². The van der Waals surface area contributed by atoms with Crippen molar-refractivity contribution in [2.24, 2.45) is 0 Å². The normalized spacial score (nSPS) is 18.2. The fraction of sp³-hybridized carbons (Fsp3) is 0.286. The minimum absolute atomic E-state index is 0.223. The third-order valence-electron chi connectivity index (χ3n) is 4.62. The van der Waals surface area contributed by atoms with Gasteiger partial charge in [-0.3, -0.25) is 9.59 Å². The third-order valence-corrected chi connectivity index (χ3v) is 4.62. The zero-order valence-electron chi connectivity index (χ0n) is 15.9. The van der Waals surface area contributed by atoms with Gasteiger partial charge in [0.05, 0.1) is 19.8 Å². The van der Waals surface area contributed by atoms with Gasteiger partial charge in [-0.25, -0.2) is 4.79 Å². The molecular weight excluding hydrogens is 376 g/mol. The van der Waals surface area contributed by atoms with Crippen LogP contribution in [0.15, 0.2) is 54.6 Å². The topological polar surface area (TPSA) is 105 Å². The Balaban J connectivity index is 1.55. The summed E-state index contributed by atoms with van der Waals surface area (Å²) in [4.78, 5) is 37.7. The fourth-order valence-corrected chi connectivity index (χ4v) is 3.12. The van der Waals surface area contributed by atoms with Gasteiger partial charge >= 0.3 is 5.97 Å². The van der Waals surface area contributed by atoms with Gasteiger partial charge in [-0.15, -0.1) is 0 Å². The molecule has 1 fully saturated rings. The van der Waals surface area contributed by atoms with Gasteiger partial charge in [0.25, 0.3) is 5.91 Å². The maximum atomic E-state index is 12.4. The number of ether oxygens (including phenoxy) is 2. The van der Waals surface area contributed by atoms with Gasteiger partial charge in [-0.1, -0.05) is 18.2 Å². The Kier molecular flexibility index (Phi) is 6.46. The van der Waals surface area contributed by atoms with Crippen LogP contribution in [0.25, 0.3) is 0 Å². The lowest BCUT2D eigenvalue weighted by Gasteiger charge is -2.24. The molecule has 0 unspecified atom stereocenters. The zero-order chi connectivity index (χ0) is 20.8. The number of aliphatic hydroxyl groups excluding tert-OH is 1. The Morgan fingerprint density at radius 3 is 2.38 bits per heavy atom. The van der Waals surface area contributed by atoms with E-state index in [0.717, 1.165) is 0 Å². The van der Waals surface area contributed by atoms with E-state index < -0.39 is 29.9 Å². The number of nitrogens with zero attached hydrogens (tertiary/aromatic N) is 1. The number of benzene rings is 2. The van der Waals surface area contributed by atoms with Crippen molar-refractivity contribution in [3.8, 4) is 11.5 Å². The second kappa shape index (κ2) is 9.20. The number of methoxy groups -OCH3 is 1. The molecule has 2 amide bonds. The lowest BCUT2D eigenvalue weighted by Crippen LogP contribution is -2.49. The number of hydrogen-bond acceptors (Lipinski definition) is 6. The average Bonchev–Trinajstić information content (AvgIpc) is 3.14. The Morgan fingerprint density at radius 1 is 1.07 bits per heavy atom. The van der Waals surface area contributed by atoms with Crippen molar-refractivity contribution >= 4 is 17.8 Å². The van der Waals surface area contributed by atoms with E-state index in [1.54, 1.807) is 24.3 Å². The summed E-state index contributed by atoms with van der Waals surface area (Å²) in [5.41, 5.74) is 0.365. The molecule has 0 bridgehead atoms. The van der Waals surface area contributed by atoms with Crippen molar-refractivity contribution < 1.29 is 29.0 Å². The molecule has 3 rings (SSSR count). The van der Waals surface area contributed by atoms with E-state index in [9.17, 15) is 19.5 Å². The standard InChI is InChI=1S/C21H22N2O6/c1-28-21(27)19-17(24)11-12-23(19)18(25)13-22-20(26)14-7-9-16(10-8-14)29-15-5-3-2-4-6-15/h2-10,17,19,24H,11-13H2,1H3,(H,22,26)/t17-,19+/m1/s1. The van der Waals surface area contributed by atoms with Crippen LogP contribution < -0.4 is 10.1 Å². The van der Waals surface area contributed by atoms with E-state index in [1.165, 1.54) is 12.0 Å². The van der Waals surface area contributed by atoms with Gasteiger partial charge in [0, 0.05) is 12.1 Å². The van der Waals surface area contributed by atoms with Crippen LogP contribution in [0.2, 0.25) is 0 Å². The summed E-state index contributed by atoms with van der Waals surface area (Å²) in [7, 11) is 1.20. The van der Waals surface area contributed by atoms with Gasteiger partial charge in [0.15, 0.2) is 6.04 Å². The average molecular weight is 398 g/mol. The third kappa shape index (κ3) is 4.91. The minimum atomic E-state index is -1.04. The van der Waals surface area contributed by atoms with Crippen LogP contribution in [-0.2, 0) is 14.3 Å². The molecule has 1 aliphatic heterocycles. The first kappa shape index (κ1) is 20.3. The number of hydrogen-bond donors (Lipinski definition) is 2. The molecule has 8 heteroatoms. The summed E-state index contributed by atoms with van der Waals surface area (Å²) in [5.74, 6) is -0.309. The maximum Gasteiger partial charge on any atom is 0.331 e. The van der Waals surface area contributed by atoms with Gasteiger partial charge in [-0.05, 0) is 42.8 Å². The molecule has 0 aromatic heterocycles. The highest BCUT2D eigenvalue weighted by molar-refractivity contribution is 5.97. The molecule has 0 radical (unpaired) electrons. The van der Waals surface area contributed by atoms with Crippen LogP contribution in [0.4, 0.5) is 0 Å². The van der Waals surface area contributed by atoms with Crippen molar-refractivity contribution in [3.05, 3.63) is 60.2 Å². The van der Waals surface area contributed by atoms with E-state index in [-0.39, 0.29) is 19.5 Å². The highest BCUT2D eigenvalue weighted by atomic mass is 16.5. The summed E-state index contributed by atoms with van der Waals surface area (Å²) in [6.07, 6.45) is -0.693. The molecule has 152 valence electrons. The number of rotatable bonds is 6. The lowest BCUT2D eigenvalue weighted by atomic mass is 10.1. The number of para-hydroxylation sites is 1. The molecule has 1 heterocycles. The maximum absolute atomic E-state index is 12.4. The lowest BCUT2D eigenvalue weighted by molar-refractivity contribution is -0.153. The van der Waals surface area contributed by atoms with E-state index >= 15 is 0 Å². The Hall–Kier alpha value is -3.39.